The highest BCUT2D eigenvalue weighted by Crippen LogP contribution is 2.44. The van der Waals surface area contributed by atoms with Crippen molar-refractivity contribution < 1.29 is 43.1 Å². The average Bonchev–Trinajstić information content (AvgIpc) is 3.30. The van der Waals surface area contributed by atoms with Crippen LogP contribution in [0.25, 0.3) is 11.1 Å². The van der Waals surface area contributed by atoms with Crippen LogP contribution in [0, 0.1) is 0 Å². The first kappa shape index (κ1) is 32.0. The number of rotatable bonds is 22. The Kier molecular flexibility index (Phi) is 15.6. The topological polar surface area (TPSA) is 105 Å². The summed E-state index contributed by atoms with van der Waals surface area (Å²) in [5.74, 6) is 0.0451. The number of ether oxygens (including phenoxy) is 7. The van der Waals surface area contributed by atoms with Gasteiger partial charge in [0.25, 0.3) is 0 Å². The zero-order valence-electron chi connectivity index (χ0n) is 23.5. The highest BCUT2D eigenvalue weighted by Gasteiger charge is 2.29. The third kappa shape index (κ3) is 11.1. The van der Waals surface area contributed by atoms with Crippen molar-refractivity contribution in [1.82, 2.24) is 4.90 Å². The van der Waals surface area contributed by atoms with E-state index in [0.29, 0.717) is 92.4 Å². The van der Waals surface area contributed by atoms with E-state index in [-0.39, 0.29) is 18.6 Å². The van der Waals surface area contributed by atoms with Crippen LogP contribution < -0.4 is 0 Å². The Hall–Kier alpha value is -2.57. The Morgan fingerprint density at radius 3 is 1.50 bits per heavy atom. The van der Waals surface area contributed by atoms with Gasteiger partial charge in [0.1, 0.15) is 6.61 Å². The maximum absolute atomic E-state index is 12.5. The zero-order chi connectivity index (χ0) is 28.3. The number of carbonyl (C=O) groups excluding carboxylic acids is 1. The van der Waals surface area contributed by atoms with Crippen LogP contribution in [0.2, 0.25) is 0 Å². The molecule has 1 aliphatic rings. The van der Waals surface area contributed by atoms with Gasteiger partial charge < -0.3 is 43.2 Å². The number of hydrogen-bond acceptors (Lipinski definition) is 9. The van der Waals surface area contributed by atoms with Gasteiger partial charge in [-0.1, -0.05) is 48.5 Å². The van der Waals surface area contributed by atoms with E-state index in [4.69, 9.17) is 38.3 Å². The molecule has 0 unspecified atom stereocenters. The Morgan fingerprint density at radius 2 is 1.05 bits per heavy atom. The molecule has 3 rings (SSSR count). The second-order valence-corrected chi connectivity index (χ2v) is 9.12. The fourth-order valence-corrected chi connectivity index (χ4v) is 4.26. The molecule has 1 amide bonds. The minimum Gasteiger partial charge on any atom is -0.448 e. The maximum atomic E-state index is 12.5. The molecule has 10 heteroatoms. The van der Waals surface area contributed by atoms with Crippen LogP contribution in [0.3, 0.4) is 0 Å². The fourth-order valence-electron chi connectivity index (χ4n) is 4.26. The molecule has 40 heavy (non-hydrogen) atoms. The summed E-state index contributed by atoms with van der Waals surface area (Å²) in [6.07, 6.45) is -0.362. The lowest BCUT2D eigenvalue weighted by Crippen LogP contribution is -2.32. The molecule has 0 saturated heterocycles. The number of nitrogens with zero attached hydrogens (tertiary/aromatic N) is 1. The van der Waals surface area contributed by atoms with E-state index in [0.717, 1.165) is 0 Å². The smallest absolute Gasteiger partial charge is 0.409 e. The number of likely N-dealkylation sites (N-methyl/N-ethyl adjacent to an activating group) is 1. The summed E-state index contributed by atoms with van der Waals surface area (Å²) >= 11 is 0. The molecule has 1 N–H and O–H groups in total. The summed E-state index contributed by atoms with van der Waals surface area (Å²) in [6.45, 7) is 6.24. The van der Waals surface area contributed by atoms with E-state index in [9.17, 15) is 4.79 Å². The van der Waals surface area contributed by atoms with Crippen molar-refractivity contribution in [2.24, 2.45) is 0 Å². The average molecular weight is 562 g/mol. The molecule has 0 aliphatic heterocycles. The Labute approximate surface area is 237 Å². The van der Waals surface area contributed by atoms with Gasteiger partial charge in [0.05, 0.1) is 85.9 Å². The van der Waals surface area contributed by atoms with Gasteiger partial charge in [0.15, 0.2) is 0 Å². The van der Waals surface area contributed by atoms with E-state index >= 15 is 0 Å². The Morgan fingerprint density at radius 1 is 0.650 bits per heavy atom. The molecule has 2 aromatic rings. The SMILES string of the molecule is CN(CCOCCOCCOCCOCCOCCOCCO)C(=O)OCC1c2ccccc2-c2ccccc21. The quantitative estimate of drug-likeness (QED) is 0.217. The lowest BCUT2D eigenvalue weighted by molar-refractivity contribution is -0.0186. The van der Waals surface area contributed by atoms with Crippen molar-refractivity contribution in [3.05, 3.63) is 59.7 Å². The monoisotopic (exact) mass is 561 g/mol. The maximum Gasteiger partial charge on any atom is 0.409 e. The van der Waals surface area contributed by atoms with Crippen LogP contribution >= 0.6 is 0 Å². The first-order valence-electron chi connectivity index (χ1n) is 13.9. The molecular formula is C30H43NO9. The van der Waals surface area contributed by atoms with Gasteiger partial charge in [-0.05, 0) is 22.3 Å². The highest BCUT2D eigenvalue weighted by atomic mass is 16.6. The van der Waals surface area contributed by atoms with E-state index in [1.807, 2.05) is 24.3 Å². The van der Waals surface area contributed by atoms with Crippen molar-refractivity contribution in [3.8, 4) is 11.1 Å². The molecule has 0 heterocycles. The molecule has 1 aliphatic carbocycles. The predicted octanol–water partition coefficient (Wildman–Crippen LogP) is 2.96. The van der Waals surface area contributed by atoms with Crippen LogP contribution in [-0.4, -0.2) is 122 Å². The number of fused-ring (bicyclic) bond motifs is 3. The Bertz CT molecular complexity index is 928. The normalized spacial score (nSPS) is 12.3. The van der Waals surface area contributed by atoms with Crippen LogP contribution in [0.15, 0.2) is 48.5 Å². The molecule has 0 spiro atoms. The summed E-state index contributed by atoms with van der Waals surface area (Å²) < 4.78 is 38.0. The molecule has 0 aromatic heterocycles. The molecule has 0 saturated carbocycles. The minimum absolute atomic E-state index is 0.0211. The molecule has 10 nitrogen and oxygen atoms in total. The third-order valence-electron chi connectivity index (χ3n) is 6.31. The van der Waals surface area contributed by atoms with Gasteiger partial charge in [0.2, 0.25) is 0 Å². The van der Waals surface area contributed by atoms with Gasteiger partial charge in [-0.25, -0.2) is 4.79 Å². The molecule has 222 valence electrons. The van der Waals surface area contributed by atoms with Crippen molar-refractivity contribution in [1.29, 1.82) is 0 Å². The summed E-state index contributed by atoms with van der Waals surface area (Å²) in [5, 5.41) is 8.58. The number of amides is 1. The van der Waals surface area contributed by atoms with Crippen molar-refractivity contribution in [2.75, 3.05) is 106 Å². The highest BCUT2D eigenvalue weighted by molar-refractivity contribution is 5.79. The second-order valence-electron chi connectivity index (χ2n) is 9.12. The minimum atomic E-state index is -0.362. The zero-order valence-corrected chi connectivity index (χ0v) is 23.5. The number of hydrogen-bond donors (Lipinski definition) is 1. The van der Waals surface area contributed by atoms with E-state index in [2.05, 4.69) is 24.3 Å². The Balaban J connectivity index is 1.12. The lowest BCUT2D eigenvalue weighted by atomic mass is 9.98. The molecule has 0 fully saturated rings. The third-order valence-corrected chi connectivity index (χ3v) is 6.31. The number of benzene rings is 2. The van der Waals surface area contributed by atoms with Crippen molar-refractivity contribution >= 4 is 6.09 Å². The van der Waals surface area contributed by atoms with Gasteiger partial charge in [-0.15, -0.1) is 0 Å². The molecule has 0 radical (unpaired) electrons. The van der Waals surface area contributed by atoms with Crippen LogP contribution in [0.1, 0.15) is 17.0 Å². The number of carbonyl (C=O) groups is 1. The van der Waals surface area contributed by atoms with Crippen LogP contribution in [0.5, 0.6) is 0 Å². The van der Waals surface area contributed by atoms with Crippen LogP contribution in [-0.2, 0) is 33.2 Å². The molecular weight excluding hydrogens is 518 g/mol. The standard InChI is InChI=1S/C30H43NO9/c1-31(30(33)40-24-29-27-8-4-2-6-25(27)26-7-3-5-9-28(26)29)10-12-34-14-16-36-18-20-38-22-23-39-21-19-37-17-15-35-13-11-32/h2-9,29,32H,10-24H2,1H3. The van der Waals surface area contributed by atoms with Crippen LogP contribution in [0.4, 0.5) is 4.79 Å². The van der Waals surface area contributed by atoms with Crippen molar-refractivity contribution in [3.63, 3.8) is 0 Å². The predicted molar refractivity (Wildman–Crippen MR) is 150 cm³/mol. The van der Waals surface area contributed by atoms with Gasteiger partial charge in [-0.2, -0.15) is 0 Å². The van der Waals surface area contributed by atoms with Gasteiger partial charge >= 0.3 is 6.09 Å². The van der Waals surface area contributed by atoms with E-state index in [1.165, 1.54) is 27.2 Å². The summed E-state index contributed by atoms with van der Waals surface area (Å²) in [4.78, 5) is 14.1. The second kappa shape index (κ2) is 19.5. The number of aliphatic hydroxyl groups excluding tert-OH is 1. The van der Waals surface area contributed by atoms with E-state index in [1.54, 1.807) is 7.05 Å². The fraction of sp³-hybridized carbons (Fsp3) is 0.567. The first-order valence-corrected chi connectivity index (χ1v) is 13.9. The summed E-state index contributed by atoms with van der Waals surface area (Å²) in [6, 6.07) is 16.6. The summed E-state index contributed by atoms with van der Waals surface area (Å²) in [5.41, 5.74) is 4.81. The lowest BCUT2D eigenvalue weighted by Gasteiger charge is -2.19. The molecule has 0 bridgehead atoms. The van der Waals surface area contributed by atoms with Gasteiger partial charge in [-0.3, -0.25) is 0 Å². The van der Waals surface area contributed by atoms with Crippen molar-refractivity contribution in [2.45, 2.75) is 5.92 Å². The largest absolute Gasteiger partial charge is 0.448 e. The molecule has 0 atom stereocenters. The number of aliphatic hydroxyl groups is 1. The van der Waals surface area contributed by atoms with E-state index < -0.39 is 0 Å². The summed E-state index contributed by atoms with van der Waals surface area (Å²) in [7, 11) is 1.71. The molecule has 2 aromatic carbocycles. The first-order chi connectivity index (χ1) is 19.7. The van der Waals surface area contributed by atoms with Gasteiger partial charge in [0, 0.05) is 19.5 Å².